The zero-order valence-electron chi connectivity index (χ0n) is 11.6. The Morgan fingerprint density at radius 1 is 1.21 bits per heavy atom. The minimum atomic E-state index is -0.514. The third kappa shape index (κ3) is 7.15. The molecule has 1 aromatic rings. The van der Waals surface area contributed by atoms with Crippen LogP contribution < -0.4 is 10.1 Å². The number of aliphatic hydroxyl groups excluding tert-OH is 2. The van der Waals surface area contributed by atoms with Gasteiger partial charge in [0.1, 0.15) is 18.5 Å². The van der Waals surface area contributed by atoms with Gasteiger partial charge in [-0.15, -0.1) is 0 Å². The first-order valence-corrected chi connectivity index (χ1v) is 6.97. The van der Waals surface area contributed by atoms with Crippen LogP contribution in [0.2, 0.25) is 0 Å². The highest BCUT2D eigenvalue weighted by Gasteiger charge is 2.04. The average Bonchev–Trinajstić information content (AvgIpc) is 2.45. The van der Waals surface area contributed by atoms with Crippen LogP contribution in [0.1, 0.15) is 25.3 Å². The summed E-state index contributed by atoms with van der Waals surface area (Å²) in [6.07, 6.45) is 2.21. The normalized spacial score (nSPS) is 12.4. The van der Waals surface area contributed by atoms with Gasteiger partial charge in [0.15, 0.2) is 0 Å². The third-order valence-electron chi connectivity index (χ3n) is 2.92. The summed E-state index contributed by atoms with van der Waals surface area (Å²) in [5, 5.41) is 21.5. The second kappa shape index (κ2) is 9.78. The predicted molar refractivity (Wildman–Crippen MR) is 76.5 cm³/mol. The number of nitrogens with one attached hydrogen (secondary N) is 1. The maximum absolute atomic E-state index is 9.73. The lowest BCUT2D eigenvalue weighted by molar-refractivity contribution is 0.106. The second-order valence-corrected chi connectivity index (χ2v) is 4.60. The average molecular weight is 267 g/mol. The van der Waals surface area contributed by atoms with Gasteiger partial charge in [-0.3, -0.25) is 0 Å². The summed E-state index contributed by atoms with van der Waals surface area (Å²) in [5.41, 5.74) is 1.28. The van der Waals surface area contributed by atoms with Crippen molar-refractivity contribution in [2.75, 3.05) is 26.3 Å². The minimum Gasteiger partial charge on any atom is -0.491 e. The molecule has 0 aromatic heterocycles. The quantitative estimate of drug-likeness (QED) is 0.560. The molecule has 4 nitrogen and oxygen atoms in total. The van der Waals surface area contributed by atoms with E-state index in [1.54, 1.807) is 0 Å². The van der Waals surface area contributed by atoms with Crippen LogP contribution in [0, 0.1) is 0 Å². The van der Waals surface area contributed by atoms with Crippen molar-refractivity contribution in [2.24, 2.45) is 0 Å². The fraction of sp³-hybridized carbons (Fsp3) is 0.600. The monoisotopic (exact) mass is 267 g/mol. The summed E-state index contributed by atoms with van der Waals surface area (Å²) >= 11 is 0. The summed E-state index contributed by atoms with van der Waals surface area (Å²) in [5.74, 6) is 0.788. The lowest BCUT2D eigenvalue weighted by Gasteiger charge is -2.13. The molecule has 108 valence electrons. The van der Waals surface area contributed by atoms with Gasteiger partial charge in [0, 0.05) is 13.2 Å². The van der Waals surface area contributed by atoms with E-state index in [-0.39, 0.29) is 6.61 Å². The number of aliphatic hydroxyl groups is 2. The van der Waals surface area contributed by atoms with Gasteiger partial charge in [0.05, 0.1) is 0 Å². The Morgan fingerprint density at radius 3 is 2.58 bits per heavy atom. The van der Waals surface area contributed by atoms with Crippen LogP contribution in [0.3, 0.4) is 0 Å². The second-order valence-electron chi connectivity index (χ2n) is 4.60. The molecule has 0 fully saturated rings. The zero-order valence-corrected chi connectivity index (χ0v) is 11.6. The van der Waals surface area contributed by atoms with Crippen molar-refractivity contribution in [3.8, 4) is 5.75 Å². The van der Waals surface area contributed by atoms with Crippen molar-refractivity contribution in [2.45, 2.75) is 32.3 Å². The molecule has 0 spiro atoms. The van der Waals surface area contributed by atoms with Crippen LogP contribution >= 0.6 is 0 Å². The van der Waals surface area contributed by atoms with Gasteiger partial charge in [0.25, 0.3) is 0 Å². The van der Waals surface area contributed by atoms with Gasteiger partial charge in [-0.05, 0) is 43.5 Å². The molecular weight excluding hydrogens is 242 g/mol. The van der Waals surface area contributed by atoms with Gasteiger partial charge in [0.2, 0.25) is 0 Å². The molecule has 0 aliphatic carbocycles. The van der Waals surface area contributed by atoms with E-state index >= 15 is 0 Å². The molecule has 0 aliphatic rings. The lowest BCUT2D eigenvalue weighted by atomic mass is 10.2. The number of ether oxygens (including phenoxy) is 1. The first-order valence-electron chi connectivity index (χ1n) is 6.97. The van der Waals surface area contributed by atoms with Crippen LogP contribution in [0.15, 0.2) is 24.3 Å². The molecule has 0 radical (unpaired) electrons. The summed E-state index contributed by atoms with van der Waals surface area (Å²) in [7, 11) is 0. The van der Waals surface area contributed by atoms with Crippen molar-refractivity contribution in [1.29, 1.82) is 0 Å². The Balaban J connectivity index is 2.13. The van der Waals surface area contributed by atoms with Crippen molar-refractivity contribution in [3.63, 3.8) is 0 Å². The molecule has 19 heavy (non-hydrogen) atoms. The molecule has 0 saturated heterocycles. The Kier molecular flexibility index (Phi) is 8.21. The summed E-state index contributed by atoms with van der Waals surface area (Å²) in [6.45, 7) is 3.95. The van der Waals surface area contributed by atoms with Crippen molar-refractivity contribution in [3.05, 3.63) is 29.8 Å². The molecule has 1 aromatic carbocycles. The fourth-order valence-electron chi connectivity index (χ4n) is 1.70. The number of unbranched alkanes of at least 4 members (excludes halogenated alkanes) is 1. The van der Waals surface area contributed by atoms with Crippen LogP contribution in [-0.2, 0) is 6.42 Å². The predicted octanol–water partition coefficient (Wildman–Crippen LogP) is 1.35. The maximum atomic E-state index is 9.73. The summed E-state index contributed by atoms with van der Waals surface area (Å²) in [4.78, 5) is 0. The molecule has 0 aliphatic heterocycles. The molecule has 1 rings (SSSR count). The molecule has 0 bridgehead atoms. The molecule has 0 amide bonds. The molecule has 1 atom stereocenters. The Morgan fingerprint density at radius 2 is 1.95 bits per heavy atom. The van der Waals surface area contributed by atoms with Crippen molar-refractivity contribution in [1.82, 2.24) is 5.32 Å². The van der Waals surface area contributed by atoms with Crippen LogP contribution in [0.25, 0.3) is 0 Å². The molecule has 4 heteroatoms. The van der Waals surface area contributed by atoms with Crippen LogP contribution in [0.5, 0.6) is 5.75 Å². The van der Waals surface area contributed by atoms with Gasteiger partial charge < -0.3 is 20.3 Å². The third-order valence-corrected chi connectivity index (χ3v) is 2.92. The van der Waals surface area contributed by atoms with Gasteiger partial charge in [-0.25, -0.2) is 0 Å². The largest absolute Gasteiger partial charge is 0.491 e. The highest BCUT2D eigenvalue weighted by atomic mass is 16.5. The summed E-state index contributed by atoms with van der Waals surface area (Å²) < 4.78 is 5.52. The van der Waals surface area contributed by atoms with E-state index in [4.69, 9.17) is 9.84 Å². The Bertz CT molecular complexity index is 327. The lowest BCUT2D eigenvalue weighted by Crippen LogP contribution is -2.32. The van der Waals surface area contributed by atoms with E-state index in [0.29, 0.717) is 13.2 Å². The number of hydrogen-bond acceptors (Lipinski definition) is 4. The van der Waals surface area contributed by atoms with E-state index in [9.17, 15) is 5.11 Å². The van der Waals surface area contributed by atoms with Crippen molar-refractivity contribution < 1.29 is 14.9 Å². The highest BCUT2D eigenvalue weighted by Crippen LogP contribution is 2.12. The first-order chi connectivity index (χ1) is 9.26. The minimum absolute atomic E-state index is 0.223. The standard InChI is InChI=1S/C15H25NO3/c1-2-13-5-7-15(8-6-13)19-12-14(18)11-16-9-3-4-10-17/h5-8,14,16-18H,2-4,9-12H2,1H3. The maximum Gasteiger partial charge on any atom is 0.119 e. The van der Waals surface area contributed by atoms with E-state index in [1.807, 2.05) is 24.3 Å². The number of benzene rings is 1. The zero-order chi connectivity index (χ0) is 13.9. The molecular formula is C15H25NO3. The summed E-state index contributed by atoms with van der Waals surface area (Å²) in [6, 6.07) is 7.93. The SMILES string of the molecule is CCc1ccc(OCC(O)CNCCCCO)cc1. The van der Waals surface area contributed by atoms with Gasteiger partial charge in [-0.1, -0.05) is 19.1 Å². The van der Waals surface area contributed by atoms with Gasteiger partial charge >= 0.3 is 0 Å². The van der Waals surface area contributed by atoms with E-state index in [1.165, 1.54) is 5.56 Å². The van der Waals surface area contributed by atoms with Crippen molar-refractivity contribution >= 4 is 0 Å². The number of aryl methyl sites for hydroxylation is 1. The van der Waals surface area contributed by atoms with E-state index in [0.717, 1.165) is 31.6 Å². The Hall–Kier alpha value is -1.10. The van der Waals surface area contributed by atoms with E-state index < -0.39 is 6.10 Å². The fourth-order valence-corrected chi connectivity index (χ4v) is 1.70. The molecule has 0 heterocycles. The molecule has 1 unspecified atom stereocenters. The molecule has 3 N–H and O–H groups in total. The van der Waals surface area contributed by atoms with Crippen LogP contribution in [-0.4, -0.2) is 42.6 Å². The Labute approximate surface area is 115 Å². The number of hydrogen-bond donors (Lipinski definition) is 3. The van der Waals surface area contributed by atoms with Crippen LogP contribution in [0.4, 0.5) is 0 Å². The van der Waals surface area contributed by atoms with Gasteiger partial charge in [-0.2, -0.15) is 0 Å². The first kappa shape index (κ1) is 16.0. The number of rotatable bonds is 10. The van der Waals surface area contributed by atoms with E-state index in [2.05, 4.69) is 12.2 Å². The smallest absolute Gasteiger partial charge is 0.119 e. The molecule has 0 saturated carbocycles. The topological polar surface area (TPSA) is 61.7 Å². The highest BCUT2D eigenvalue weighted by molar-refractivity contribution is 5.27.